The summed E-state index contributed by atoms with van der Waals surface area (Å²) in [5.74, 6) is -0.662. The minimum Gasteiger partial charge on any atom is -0.443 e. The van der Waals surface area contributed by atoms with Gasteiger partial charge in [-0.15, -0.1) is 11.6 Å². The molecule has 0 spiro atoms. The summed E-state index contributed by atoms with van der Waals surface area (Å²) in [6.45, 7) is 3.80. The maximum absolute atomic E-state index is 14.3. The Balaban J connectivity index is 1.91. The van der Waals surface area contributed by atoms with E-state index in [4.69, 9.17) is 21.1 Å². The molecule has 1 aromatic rings. The molecule has 0 aromatic heterocycles. The average Bonchev–Trinajstić information content (AvgIpc) is 2.59. The second-order valence-electron chi connectivity index (χ2n) is 5.51. The van der Waals surface area contributed by atoms with Crippen LogP contribution in [0.15, 0.2) is 18.2 Å². The topological polar surface area (TPSA) is 79.9 Å². The molecular weight excluding hydrogens is 353 g/mol. The van der Waals surface area contributed by atoms with Crippen LogP contribution < -0.4 is 15.5 Å². The van der Waals surface area contributed by atoms with E-state index in [0.29, 0.717) is 32.0 Å². The van der Waals surface area contributed by atoms with Gasteiger partial charge in [-0.25, -0.2) is 9.18 Å². The van der Waals surface area contributed by atoms with E-state index in [9.17, 15) is 14.0 Å². The Labute approximate surface area is 150 Å². The van der Waals surface area contributed by atoms with Crippen LogP contribution in [-0.2, 0) is 14.3 Å². The van der Waals surface area contributed by atoms with Crippen LogP contribution in [0.2, 0.25) is 0 Å². The van der Waals surface area contributed by atoms with Crippen LogP contribution in [0.25, 0.3) is 0 Å². The third kappa shape index (κ3) is 6.06. The highest BCUT2D eigenvalue weighted by atomic mass is 35.5. The number of benzene rings is 1. The molecule has 1 aliphatic heterocycles. The van der Waals surface area contributed by atoms with Crippen molar-refractivity contribution in [2.45, 2.75) is 13.0 Å². The maximum atomic E-state index is 14.3. The molecule has 1 heterocycles. The normalized spacial score (nSPS) is 15.4. The number of halogens is 2. The molecule has 0 saturated carbocycles. The highest BCUT2D eigenvalue weighted by Gasteiger charge is 2.17. The van der Waals surface area contributed by atoms with E-state index < -0.39 is 18.0 Å². The quantitative estimate of drug-likeness (QED) is 0.745. The number of morpholine rings is 1. The van der Waals surface area contributed by atoms with Crippen molar-refractivity contribution >= 4 is 35.0 Å². The lowest BCUT2D eigenvalue weighted by atomic mass is 10.2. The van der Waals surface area contributed by atoms with E-state index in [1.54, 1.807) is 12.1 Å². The zero-order valence-electron chi connectivity index (χ0n) is 13.9. The molecule has 0 radical (unpaired) electrons. The molecule has 138 valence electrons. The molecule has 0 bridgehead atoms. The van der Waals surface area contributed by atoms with E-state index in [0.717, 1.165) is 0 Å². The van der Waals surface area contributed by atoms with Gasteiger partial charge in [0.25, 0.3) is 0 Å². The number of rotatable bonds is 6. The second kappa shape index (κ2) is 9.43. The van der Waals surface area contributed by atoms with Gasteiger partial charge in [0.1, 0.15) is 11.9 Å². The molecule has 1 unspecified atom stereocenters. The van der Waals surface area contributed by atoms with Gasteiger partial charge in [0.05, 0.1) is 31.3 Å². The highest BCUT2D eigenvalue weighted by molar-refractivity contribution is 6.18. The van der Waals surface area contributed by atoms with Gasteiger partial charge < -0.3 is 19.7 Å². The predicted molar refractivity (Wildman–Crippen MR) is 92.7 cm³/mol. The van der Waals surface area contributed by atoms with Crippen LogP contribution >= 0.6 is 11.6 Å². The Morgan fingerprint density at radius 3 is 2.72 bits per heavy atom. The first-order valence-electron chi connectivity index (χ1n) is 7.90. The molecular formula is C16H21ClFN3O4. The van der Waals surface area contributed by atoms with Crippen molar-refractivity contribution in [3.05, 3.63) is 24.0 Å². The summed E-state index contributed by atoms with van der Waals surface area (Å²) in [5, 5.41) is 4.96. The molecule has 1 aromatic carbocycles. The number of alkyl halides is 1. The van der Waals surface area contributed by atoms with Crippen LogP contribution in [0.5, 0.6) is 0 Å². The lowest BCUT2D eigenvalue weighted by Gasteiger charge is -2.29. The first kappa shape index (κ1) is 19.3. The van der Waals surface area contributed by atoms with Crippen LogP contribution in [0.4, 0.5) is 20.6 Å². The smallest absolute Gasteiger partial charge is 0.412 e. The number of ether oxygens (including phenoxy) is 2. The van der Waals surface area contributed by atoms with Crippen molar-refractivity contribution < 1.29 is 23.5 Å². The molecule has 1 atom stereocenters. The summed E-state index contributed by atoms with van der Waals surface area (Å²) < 4.78 is 24.6. The summed E-state index contributed by atoms with van der Waals surface area (Å²) in [4.78, 5) is 24.6. The first-order valence-corrected chi connectivity index (χ1v) is 8.43. The summed E-state index contributed by atoms with van der Waals surface area (Å²) in [5.41, 5.74) is 0.735. The molecule has 1 fully saturated rings. The van der Waals surface area contributed by atoms with Gasteiger partial charge in [-0.1, -0.05) is 0 Å². The molecule has 9 heteroatoms. The van der Waals surface area contributed by atoms with Gasteiger partial charge in [0, 0.05) is 25.7 Å². The fourth-order valence-corrected chi connectivity index (χ4v) is 2.50. The third-order valence-electron chi connectivity index (χ3n) is 3.57. The molecule has 0 aliphatic carbocycles. The van der Waals surface area contributed by atoms with Crippen LogP contribution in [0, 0.1) is 5.82 Å². The molecule has 25 heavy (non-hydrogen) atoms. The lowest BCUT2D eigenvalue weighted by molar-refractivity contribution is -0.119. The van der Waals surface area contributed by atoms with E-state index in [1.165, 1.54) is 13.0 Å². The number of carbonyl (C=O) groups is 2. The molecule has 2 rings (SSSR count). The van der Waals surface area contributed by atoms with Crippen LogP contribution in [0.1, 0.15) is 6.92 Å². The Kier molecular flexibility index (Phi) is 7.27. The summed E-state index contributed by atoms with van der Waals surface area (Å²) >= 11 is 5.70. The Hall–Kier alpha value is -2.06. The minimum atomic E-state index is -0.769. The average molecular weight is 374 g/mol. The first-order chi connectivity index (χ1) is 12.0. The van der Waals surface area contributed by atoms with Crippen molar-refractivity contribution in [2.24, 2.45) is 0 Å². The summed E-state index contributed by atoms with van der Waals surface area (Å²) in [6.07, 6.45) is -1.45. The number of carbonyl (C=O) groups excluding carboxylic acids is 2. The van der Waals surface area contributed by atoms with Crippen LogP contribution in [-0.4, -0.2) is 56.8 Å². The SMILES string of the molecule is CC(=O)NCC(CCl)OC(=O)Nc1ccc(N2CCOCC2)c(F)c1. The Morgan fingerprint density at radius 2 is 2.12 bits per heavy atom. The zero-order chi connectivity index (χ0) is 18.2. The minimum absolute atomic E-state index is 0.0258. The van der Waals surface area contributed by atoms with Crippen molar-refractivity contribution in [3.63, 3.8) is 0 Å². The van der Waals surface area contributed by atoms with Gasteiger partial charge in [-0.05, 0) is 18.2 Å². The number of anilines is 2. The standard InChI is InChI=1S/C16H21ClFN3O4/c1-11(22)19-10-13(9-17)25-16(23)20-12-2-3-15(14(18)8-12)21-4-6-24-7-5-21/h2-3,8,13H,4-7,9-10H2,1H3,(H,19,22)(H,20,23). The van der Waals surface area contributed by atoms with Crippen molar-refractivity contribution in [1.82, 2.24) is 5.32 Å². The summed E-state index contributed by atoms with van der Waals surface area (Å²) in [7, 11) is 0. The maximum Gasteiger partial charge on any atom is 0.412 e. The molecule has 1 aliphatic rings. The fourth-order valence-electron chi connectivity index (χ4n) is 2.33. The molecule has 1 saturated heterocycles. The fraction of sp³-hybridized carbons (Fsp3) is 0.500. The third-order valence-corrected chi connectivity index (χ3v) is 3.91. The van der Waals surface area contributed by atoms with Gasteiger partial charge in [0.15, 0.2) is 0 Å². The number of amides is 2. The largest absolute Gasteiger partial charge is 0.443 e. The number of hydrogen-bond acceptors (Lipinski definition) is 5. The van der Waals surface area contributed by atoms with E-state index in [-0.39, 0.29) is 24.0 Å². The Morgan fingerprint density at radius 1 is 1.40 bits per heavy atom. The van der Waals surface area contributed by atoms with Crippen LogP contribution in [0.3, 0.4) is 0 Å². The molecule has 7 nitrogen and oxygen atoms in total. The van der Waals surface area contributed by atoms with E-state index in [1.807, 2.05) is 4.90 Å². The highest BCUT2D eigenvalue weighted by Crippen LogP contribution is 2.23. The van der Waals surface area contributed by atoms with E-state index >= 15 is 0 Å². The van der Waals surface area contributed by atoms with E-state index in [2.05, 4.69) is 10.6 Å². The van der Waals surface area contributed by atoms with Crippen molar-refractivity contribution in [2.75, 3.05) is 48.9 Å². The van der Waals surface area contributed by atoms with Gasteiger partial charge in [-0.2, -0.15) is 0 Å². The number of nitrogens with one attached hydrogen (secondary N) is 2. The second-order valence-corrected chi connectivity index (χ2v) is 5.82. The van der Waals surface area contributed by atoms with Gasteiger partial charge >= 0.3 is 6.09 Å². The van der Waals surface area contributed by atoms with Crippen molar-refractivity contribution in [3.8, 4) is 0 Å². The zero-order valence-corrected chi connectivity index (χ0v) is 14.6. The predicted octanol–water partition coefficient (Wildman–Crippen LogP) is 1.95. The van der Waals surface area contributed by atoms with Gasteiger partial charge in [-0.3, -0.25) is 10.1 Å². The Bertz CT molecular complexity index is 611. The molecule has 2 N–H and O–H groups in total. The molecule has 2 amide bonds. The number of hydrogen-bond donors (Lipinski definition) is 2. The lowest BCUT2D eigenvalue weighted by Crippen LogP contribution is -2.36. The summed E-state index contributed by atoms with van der Waals surface area (Å²) in [6, 6.07) is 4.43. The number of nitrogens with zero attached hydrogens (tertiary/aromatic N) is 1. The monoisotopic (exact) mass is 373 g/mol. The van der Waals surface area contributed by atoms with Crippen molar-refractivity contribution in [1.29, 1.82) is 0 Å². The van der Waals surface area contributed by atoms with Gasteiger partial charge in [0.2, 0.25) is 5.91 Å².